The molecular formula is C9H9NO3S. The van der Waals surface area contributed by atoms with Gasteiger partial charge in [0.1, 0.15) is 5.78 Å². The lowest BCUT2D eigenvalue weighted by molar-refractivity contribution is -0.385. The van der Waals surface area contributed by atoms with Crippen LogP contribution in [0.5, 0.6) is 0 Å². The van der Waals surface area contributed by atoms with Crippen LogP contribution in [0.2, 0.25) is 0 Å². The van der Waals surface area contributed by atoms with E-state index in [9.17, 15) is 14.9 Å². The molecule has 0 fully saturated rings. The van der Waals surface area contributed by atoms with E-state index in [2.05, 4.69) is 12.6 Å². The first-order chi connectivity index (χ1) is 6.52. The van der Waals surface area contributed by atoms with E-state index in [1.807, 2.05) is 0 Å². The lowest BCUT2D eigenvalue weighted by atomic mass is 10.1. The van der Waals surface area contributed by atoms with E-state index < -0.39 is 4.92 Å². The summed E-state index contributed by atoms with van der Waals surface area (Å²) in [4.78, 5) is 21.5. The second kappa shape index (κ2) is 4.23. The molecule has 0 bridgehead atoms. The number of benzene rings is 1. The van der Waals surface area contributed by atoms with E-state index in [1.54, 1.807) is 12.1 Å². The molecule has 0 saturated heterocycles. The maximum absolute atomic E-state index is 10.9. The maximum Gasteiger partial charge on any atom is 0.274 e. The normalized spacial score (nSPS) is 9.86. The van der Waals surface area contributed by atoms with E-state index in [1.165, 1.54) is 13.0 Å². The zero-order valence-corrected chi connectivity index (χ0v) is 8.45. The Labute approximate surface area is 86.5 Å². The van der Waals surface area contributed by atoms with Crippen molar-refractivity contribution < 1.29 is 9.72 Å². The van der Waals surface area contributed by atoms with Crippen molar-refractivity contribution in [2.75, 3.05) is 0 Å². The SMILES string of the molecule is CC(=O)Cc1c(S)cccc1[N+](=O)[O-]. The highest BCUT2D eigenvalue weighted by Crippen LogP contribution is 2.25. The fourth-order valence-electron chi connectivity index (χ4n) is 1.16. The molecule has 0 aliphatic heterocycles. The third-order valence-corrected chi connectivity index (χ3v) is 2.17. The van der Waals surface area contributed by atoms with Gasteiger partial charge in [0, 0.05) is 17.4 Å². The third-order valence-electron chi connectivity index (χ3n) is 1.75. The Morgan fingerprint density at radius 3 is 2.71 bits per heavy atom. The minimum Gasteiger partial charge on any atom is -0.300 e. The van der Waals surface area contributed by atoms with E-state index in [-0.39, 0.29) is 17.9 Å². The van der Waals surface area contributed by atoms with Crippen LogP contribution < -0.4 is 0 Å². The molecule has 0 radical (unpaired) electrons. The number of nitro benzene ring substituents is 1. The van der Waals surface area contributed by atoms with Gasteiger partial charge in [0.05, 0.1) is 10.5 Å². The number of ketones is 1. The highest BCUT2D eigenvalue weighted by molar-refractivity contribution is 7.80. The predicted octanol–water partition coefficient (Wildman–Crippen LogP) is 2.02. The van der Waals surface area contributed by atoms with Crippen LogP contribution >= 0.6 is 12.6 Å². The number of carbonyl (C=O) groups excluding carboxylic acids is 1. The number of thiol groups is 1. The Balaban J connectivity index is 3.22. The lowest BCUT2D eigenvalue weighted by Crippen LogP contribution is -2.02. The lowest BCUT2D eigenvalue weighted by Gasteiger charge is -2.03. The van der Waals surface area contributed by atoms with Crippen LogP contribution in [0.15, 0.2) is 23.1 Å². The molecule has 0 aliphatic carbocycles. The summed E-state index contributed by atoms with van der Waals surface area (Å²) < 4.78 is 0. The smallest absolute Gasteiger partial charge is 0.274 e. The van der Waals surface area contributed by atoms with Crippen LogP contribution in [0, 0.1) is 10.1 Å². The Morgan fingerprint density at radius 2 is 2.21 bits per heavy atom. The third kappa shape index (κ3) is 2.32. The van der Waals surface area contributed by atoms with Crippen molar-refractivity contribution in [3.8, 4) is 0 Å². The zero-order valence-electron chi connectivity index (χ0n) is 7.56. The van der Waals surface area contributed by atoms with Gasteiger partial charge in [-0.05, 0) is 13.0 Å². The molecule has 0 aliphatic rings. The van der Waals surface area contributed by atoms with E-state index >= 15 is 0 Å². The first kappa shape index (κ1) is 10.7. The topological polar surface area (TPSA) is 60.2 Å². The van der Waals surface area contributed by atoms with E-state index in [4.69, 9.17) is 0 Å². The zero-order chi connectivity index (χ0) is 10.7. The molecular weight excluding hydrogens is 202 g/mol. The molecule has 0 spiro atoms. The fourth-order valence-corrected chi connectivity index (χ4v) is 1.44. The monoisotopic (exact) mass is 211 g/mol. The molecule has 1 rings (SSSR count). The molecule has 14 heavy (non-hydrogen) atoms. The summed E-state index contributed by atoms with van der Waals surface area (Å²) in [6.07, 6.45) is 0.0516. The Morgan fingerprint density at radius 1 is 1.57 bits per heavy atom. The summed E-state index contributed by atoms with van der Waals surface area (Å²) in [5, 5.41) is 10.6. The first-order valence-electron chi connectivity index (χ1n) is 3.97. The molecule has 0 heterocycles. The molecule has 0 saturated carbocycles. The first-order valence-corrected chi connectivity index (χ1v) is 4.41. The largest absolute Gasteiger partial charge is 0.300 e. The quantitative estimate of drug-likeness (QED) is 0.472. The Hall–Kier alpha value is -1.36. The summed E-state index contributed by atoms with van der Waals surface area (Å²) in [5.41, 5.74) is 0.334. The van der Waals surface area contributed by atoms with Crippen LogP contribution in [0.1, 0.15) is 12.5 Å². The number of hydrogen-bond acceptors (Lipinski definition) is 4. The number of nitrogens with zero attached hydrogens (tertiary/aromatic N) is 1. The van der Waals surface area contributed by atoms with Crippen LogP contribution in [-0.2, 0) is 11.2 Å². The minimum atomic E-state index is -0.502. The standard InChI is InChI=1S/C9H9NO3S/c1-6(11)5-7-8(10(12)13)3-2-4-9(7)14/h2-4,14H,5H2,1H3. The van der Waals surface area contributed by atoms with Crippen LogP contribution in [0.3, 0.4) is 0 Å². The average Bonchev–Trinajstić information content (AvgIpc) is 2.07. The van der Waals surface area contributed by atoms with Gasteiger partial charge in [0.2, 0.25) is 0 Å². The summed E-state index contributed by atoms with van der Waals surface area (Å²) in [5.74, 6) is -0.116. The molecule has 0 amide bonds. The van der Waals surface area contributed by atoms with Gasteiger partial charge in [-0.3, -0.25) is 14.9 Å². The van der Waals surface area contributed by atoms with E-state index in [0.717, 1.165) is 0 Å². The van der Waals surface area contributed by atoms with Crippen LogP contribution in [0.25, 0.3) is 0 Å². The molecule has 0 unspecified atom stereocenters. The molecule has 1 aromatic carbocycles. The van der Waals surface area contributed by atoms with Gasteiger partial charge in [-0.1, -0.05) is 6.07 Å². The van der Waals surface area contributed by atoms with Gasteiger partial charge in [-0.25, -0.2) is 0 Å². The van der Waals surface area contributed by atoms with E-state index in [0.29, 0.717) is 10.5 Å². The van der Waals surface area contributed by atoms with Crippen molar-refractivity contribution in [1.82, 2.24) is 0 Å². The van der Waals surface area contributed by atoms with Gasteiger partial charge in [0.15, 0.2) is 0 Å². The molecule has 74 valence electrons. The van der Waals surface area contributed by atoms with Gasteiger partial charge in [0.25, 0.3) is 5.69 Å². The van der Waals surface area contributed by atoms with Crippen molar-refractivity contribution >= 4 is 24.1 Å². The Bertz CT molecular complexity index is 390. The van der Waals surface area contributed by atoms with Gasteiger partial charge >= 0.3 is 0 Å². The minimum absolute atomic E-state index is 0.0484. The van der Waals surface area contributed by atoms with Crippen molar-refractivity contribution in [3.63, 3.8) is 0 Å². The molecule has 1 aromatic rings. The number of nitro groups is 1. The number of hydrogen-bond donors (Lipinski definition) is 1. The van der Waals surface area contributed by atoms with Gasteiger partial charge < -0.3 is 0 Å². The van der Waals surface area contributed by atoms with Crippen molar-refractivity contribution in [1.29, 1.82) is 0 Å². The summed E-state index contributed by atoms with van der Waals surface area (Å²) >= 11 is 4.08. The highest BCUT2D eigenvalue weighted by atomic mass is 32.1. The van der Waals surface area contributed by atoms with Crippen molar-refractivity contribution in [2.24, 2.45) is 0 Å². The summed E-state index contributed by atoms with van der Waals surface area (Å²) in [6.45, 7) is 1.39. The molecule has 0 aromatic heterocycles. The number of Topliss-reactive ketones (excluding diaryl/α,β-unsaturated/α-hetero) is 1. The van der Waals surface area contributed by atoms with Crippen LogP contribution in [0.4, 0.5) is 5.69 Å². The van der Waals surface area contributed by atoms with Crippen molar-refractivity contribution in [2.45, 2.75) is 18.2 Å². The second-order valence-electron chi connectivity index (χ2n) is 2.91. The second-order valence-corrected chi connectivity index (χ2v) is 3.39. The average molecular weight is 211 g/mol. The van der Waals surface area contributed by atoms with Gasteiger partial charge in [-0.2, -0.15) is 0 Å². The number of rotatable bonds is 3. The maximum atomic E-state index is 10.9. The predicted molar refractivity (Wildman–Crippen MR) is 54.7 cm³/mol. The Kier molecular flexibility index (Phi) is 3.24. The molecule has 4 nitrogen and oxygen atoms in total. The molecule has 5 heteroatoms. The number of carbonyl (C=O) groups is 1. The molecule has 0 N–H and O–H groups in total. The van der Waals surface area contributed by atoms with Gasteiger partial charge in [-0.15, -0.1) is 12.6 Å². The molecule has 0 atom stereocenters. The fraction of sp³-hybridized carbons (Fsp3) is 0.222. The summed E-state index contributed by atoms with van der Waals surface area (Å²) in [6, 6.07) is 4.55. The summed E-state index contributed by atoms with van der Waals surface area (Å²) in [7, 11) is 0. The van der Waals surface area contributed by atoms with Crippen LogP contribution in [-0.4, -0.2) is 10.7 Å². The van der Waals surface area contributed by atoms with Crippen molar-refractivity contribution in [3.05, 3.63) is 33.9 Å². The highest BCUT2D eigenvalue weighted by Gasteiger charge is 2.16.